The first kappa shape index (κ1) is 9.08. The van der Waals surface area contributed by atoms with Crippen LogP contribution in [0.1, 0.15) is 12.8 Å². The molecule has 0 aromatic carbocycles. The monoisotopic (exact) mass is 166 g/mol. The fraction of sp³-hybridized carbons (Fsp3) is 0.667. The minimum atomic E-state index is 0.00310. The van der Waals surface area contributed by atoms with Crippen LogP contribution in [-0.2, 0) is 4.79 Å². The molecule has 0 saturated carbocycles. The van der Waals surface area contributed by atoms with Crippen molar-refractivity contribution in [2.45, 2.75) is 18.9 Å². The zero-order chi connectivity index (χ0) is 8.97. The second-order valence-electron chi connectivity index (χ2n) is 3.05. The number of likely N-dealkylation sites (N-methyl/N-ethyl adjacent to an activating group) is 1. The largest absolute Gasteiger partial charge is 0.333 e. The quantitative estimate of drug-likeness (QED) is 0.578. The van der Waals surface area contributed by atoms with E-state index in [1.54, 1.807) is 11.9 Å². The Labute approximate surface area is 73.1 Å². The van der Waals surface area contributed by atoms with Crippen LogP contribution in [0.3, 0.4) is 0 Å². The summed E-state index contributed by atoms with van der Waals surface area (Å²) in [5.74, 6) is 2.57. The van der Waals surface area contributed by atoms with E-state index in [2.05, 4.69) is 11.2 Å². The van der Waals surface area contributed by atoms with Crippen LogP contribution in [0.5, 0.6) is 0 Å². The maximum Gasteiger partial charge on any atom is 0.240 e. The molecule has 0 spiro atoms. The van der Waals surface area contributed by atoms with Gasteiger partial charge in [0.1, 0.15) is 0 Å². The number of terminal acetylenes is 1. The van der Waals surface area contributed by atoms with Crippen molar-refractivity contribution in [3.63, 3.8) is 0 Å². The lowest BCUT2D eigenvalue weighted by Gasteiger charge is -2.18. The van der Waals surface area contributed by atoms with Crippen LogP contribution < -0.4 is 5.32 Å². The number of rotatable bonds is 2. The van der Waals surface area contributed by atoms with Crippen molar-refractivity contribution in [3.05, 3.63) is 0 Å². The lowest BCUT2D eigenvalue weighted by atomic mass is 10.2. The first-order chi connectivity index (χ1) is 5.75. The number of hydrogen-bond donors (Lipinski definition) is 1. The predicted octanol–water partition coefficient (Wildman–Crippen LogP) is -0.170. The summed E-state index contributed by atoms with van der Waals surface area (Å²) >= 11 is 0. The molecule has 1 atom stereocenters. The van der Waals surface area contributed by atoms with E-state index in [1.807, 2.05) is 0 Å². The summed E-state index contributed by atoms with van der Waals surface area (Å²) < 4.78 is 0. The van der Waals surface area contributed by atoms with Crippen molar-refractivity contribution in [3.8, 4) is 12.3 Å². The van der Waals surface area contributed by atoms with Crippen LogP contribution in [0.15, 0.2) is 0 Å². The van der Waals surface area contributed by atoms with Gasteiger partial charge in [-0.3, -0.25) is 4.79 Å². The molecule has 0 aromatic heterocycles. The summed E-state index contributed by atoms with van der Waals surface area (Å²) in [4.78, 5) is 13.1. The average Bonchev–Trinajstić information content (AvgIpc) is 2.55. The van der Waals surface area contributed by atoms with Crippen LogP contribution >= 0.6 is 0 Å². The summed E-state index contributed by atoms with van der Waals surface area (Å²) in [6.07, 6.45) is 7.12. The van der Waals surface area contributed by atoms with Crippen molar-refractivity contribution < 1.29 is 4.79 Å². The second-order valence-corrected chi connectivity index (χ2v) is 3.05. The summed E-state index contributed by atoms with van der Waals surface area (Å²) in [5.41, 5.74) is 0. The Morgan fingerprint density at radius 2 is 2.58 bits per heavy atom. The molecule has 0 unspecified atom stereocenters. The number of hydrogen-bond acceptors (Lipinski definition) is 2. The lowest BCUT2D eigenvalue weighted by Crippen LogP contribution is -2.41. The standard InChI is InChI=1S/C9H14N2O/c1-3-7-11(2)9(12)8-5-4-6-10-8/h1,8,10H,4-7H2,2H3/t8-/m1/s1. The number of nitrogens with zero attached hydrogens (tertiary/aromatic N) is 1. The summed E-state index contributed by atoms with van der Waals surface area (Å²) in [6, 6.07) is 0.00310. The average molecular weight is 166 g/mol. The summed E-state index contributed by atoms with van der Waals surface area (Å²) in [6.45, 7) is 1.34. The number of carbonyl (C=O) groups is 1. The van der Waals surface area contributed by atoms with Gasteiger partial charge in [0.05, 0.1) is 12.6 Å². The highest BCUT2D eigenvalue weighted by atomic mass is 16.2. The zero-order valence-corrected chi connectivity index (χ0v) is 7.34. The summed E-state index contributed by atoms with van der Waals surface area (Å²) in [7, 11) is 1.74. The van der Waals surface area contributed by atoms with Crippen molar-refractivity contribution in [1.29, 1.82) is 0 Å². The van der Waals surface area contributed by atoms with E-state index in [0.717, 1.165) is 19.4 Å². The molecular formula is C9H14N2O. The minimum absolute atomic E-state index is 0.00310. The topological polar surface area (TPSA) is 32.3 Å². The van der Waals surface area contributed by atoms with Gasteiger partial charge < -0.3 is 10.2 Å². The number of carbonyl (C=O) groups excluding carboxylic acids is 1. The Bertz CT molecular complexity index is 201. The Hall–Kier alpha value is -1.01. The normalized spacial score (nSPS) is 21.8. The van der Waals surface area contributed by atoms with Gasteiger partial charge in [-0.25, -0.2) is 0 Å². The number of nitrogens with one attached hydrogen (secondary N) is 1. The van der Waals surface area contributed by atoms with E-state index in [0.29, 0.717) is 6.54 Å². The molecule has 1 N–H and O–H groups in total. The van der Waals surface area contributed by atoms with Crippen molar-refractivity contribution in [2.75, 3.05) is 20.1 Å². The Morgan fingerprint density at radius 1 is 1.83 bits per heavy atom. The predicted molar refractivity (Wildman–Crippen MR) is 47.5 cm³/mol. The molecule has 0 radical (unpaired) electrons. The molecule has 1 amide bonds. The molecule has 1 fully saturated rings. The maximum absolute atomic E-state index is 11.5. The highest BCUT2D eigenvalue weighted by molar-refractivity contribution is 5.82. The fourth-order valence-corrected chi connectivity index (χ4v) is 1.38. The van der Waals surface area contributed by atoms with Crippen molar-refractivity contribution in [1.82, 2.24) is 10.2 Å². The van der Waals surface area contributed by atoms with E-state index < -0.39 is 0 Å². The molecule has 66 valence electrons. The van der Waals surface area contributed by atoms with E-state index >= 15 is 0 Å². The Kier molecular flexibility index (Phi) is 3.12. The van der Waals surface area contributed by atoms with E-state index in [9.17, 15) is 4.79 Å². The number of amides is 1. The minimum Gasteiger partial charge on any atom is -0.333 e. The lowest BCUT2D eigenvalue weighted by molar-refractivity contribution is -0.131. The maximum atomic E-state index is 11.5. The highest BCUT2D eigenvalue weighted by Crippen LogP contribution is 2.06. The van der Waals surface area contributed by atoms with Gasteiger partial charge in [0.25, 0.3) is 0 Å². The van der Waals surface area contributed by atoms with Gasteiger partial charge in [0, 0.05) is 7.05 Å². The third-order valence-corrected chi connectivity index (χ3v) is 2.06. The van der Waals surface area contributed by atoms with Gasteiger partial charge in [-0.1, -0.05) is 5.92 Å². The van der Waals surface area contributed by atoms with Gasteiger partial charge in [-0.05, 0) is 19.4 Å². The molecule has 1 rings (SSSR count). The first-order valence-corrected chi connectivity index (χ1v) is 4.17. The van der Waals surface area contributed by atoms with Crippen LogP contribution in [0, 0.1) is 12.3 Å². The molecule has 3 nitrogen and oxygen atoms in total. The highest BCUT2D eigenvalue weighted by Gasteiger charge is 2.24. The zero-order valence-electron chi connectivity index (χ0n) is 7.34. The molecule has 1 heterocycles. The molecule has 0 aliphatic carbocycles. The van der Waals surface area contributed by atoms with Crippen molar-refractivity contribution in [2.24, 2.45) is 0 Å². The van der Waals surface area contributed by atoms with Crippen LogP contribution in [0.2, 0.25) is 0 Å². The van der Waals surface area contributed by atoms with E-state index in [4.69, 9.17) is 6.42 Å². The molecule has 1 saturated heterocycles. The SMILES string of the molecule is C#CCN(C)C(=O)[C@H]1CCCN1. The summed E-state index contributed by atoms with van der Waals surface area (Å²) in [5, 5.41) is 3.14. The molecule has 3 heteroatoms. The van der Waals surface area contributed by atoms with Gasteiger partial charge in [-0.2, -0.15) is 0 Å². The van der Waals surface area contributed by atoms with Crippen LogP contribution in [0.4, 0.5) is 0 Å². The van der Waals surface area contributed by atoms with E-state index in [1.165, 1.54) is 0 Å². The van der Waals surface area contributed by atoms with Gasteiger partial charge in [-0.15, -0.1) is 6.42 Å². The van der Waals surface area contributed by atoms with Gasteiger partial charge in [0.15, 0.2) is 0 Å². The first-order valence-electron chi connectivity index (χ1n) is 4.17. The van der Waals surface area contributed by atoms with E-state index in [-0.39, 0.29) is 11.9 Å². The van der Waals surface area contributed by atoms with Gasteiger partial charge >= 0.3 is 0 Å². The molecular weight excluding hydrogens is 152 g/mol. The third-order valence-electron chi connectivity index (χ3n) is 2.06. The second kappa shape index (κ2) is 4.13. The van der Waals surface area contributed by atoms with Gasteiger partial charge in [0.2, 0.25) is 5.91 Å². The smallest absolute Gasteiger partial charge is 0.240 e. The molecule has 0 bridgehead atoms. The molecule has 0 aromatic rings. The molecule has 12 heavy (non-hydrogen) atoms. The van der Waals surface area contributed by atoms with Crippen LogP contribution in [-0.4, -0.2) is 37.0 Å². The molecule has 1 aliphatic rings. The Morgan fingerprint density at radius 3 is 3.08 bits per heavy atom. The molecule has 1 aliphatic heterocycles. The Balaban J connectivity index is 2.41. The fourth-order valence-electron chi connectivity index (χ4n) is 1.38. The van der Waals surface area contributed by atoms with Crippen molar-refractivity contribution >= 4 is 5.91 Å². The third kappa shape index (κ3) is 1.99. The van der Waals surface area contributed by atoms with Crippen LogP contribution in [0.25, 0.3) is 0 Å².